The van der Waals surface area contributed by atoms with Crippen LogP contribution in [-0.4, -0.2) is 50.4 Å². The predicted octanol–water partition coefficient (Wildman–Crippen LogP) is 1.69. The number of benzene rings is 1. The first-order chi connectivity index (χ1) is 12.1. The maximum Gasteiger partial charge on any atom is 0.324 e. The maximum absolute atomic E-state index is 12.0. The van der Waals surface area contributed by atoms with Gasteiger partial charge < -0.3 is 14.6 Å². The molecule has 0 spiro atoms. The van der Waals surface area contributed by atoms with Crippen molar-refractivity contribution in [3.8, 4) is 5.75 Å². The highest BCUT2D eigenvalue weighted by molar-refractivity contribution is 7.99. The molecule has 10 heteroatoms. The molecule has 1 aliphatic heterocycles. The van der Waals surface area contributed by atoms with Crippen LogP contribution in [-0.2, 0) is 18.4 Å². The molecule has 1 aromatic heterocycles. The summed E-state index contributed by atoms with van der Waals surface area (Å²) in [6, 6.07) is 6.82. The molecule has 3 amide bonds. The SMILES string of the molecule is Cn1c(COc2ccccc2Cl)nnc1SCC(=O)N1CCNC1=O. The van der Waals surface area contributed by atoms with Crippen LogP contribution in [0.5, 0.6) is 5.75 Å². The zero-order valence-electron chi connectivity index (χ0n) is 13.4. The van der Waals surface area contributed by atoms with E-state index in [1.807, 2.05) is 12.1 Å². The summed E-state index contributed by atoms with van der Waals surface area (Å²) in [5.74, 6) is 1.03. The second-order valence-electron chi connectivity index (χ2n) is 5.24. The number of halogens is 1. The first-order valence-electron chi connectivity index (χ1n) is 7.53. The van der Waals surface area contributed by atoms with Crippen LogP contribution in [0.2, 0.25) is 5.02 Å². The molecule has 1 aliphatic rings. The normalized spacial score (nSPS) is 13.8. The first kappa shape index (κ1) is 17.6. The van der Waals surface area contributed by atoms with E-state index in [4.69, 9.17) is 16.3 Å². The van der Waals surface area contributed by atoms with Crippen molar-refractivity contribution < 1.29 is 14.3 Å². The monoisotopic (exact) mass is 381 g/mol. The summed E-state index contributed by atoms with van der Waals surface area (Å²) in [6.45, 7) is 1.09. The average Bonchev–Trinajstić information content (AvgIpc) is 3.18. The Bertz CT molecular complexity index is 797. The highest BCUT2D eigenvalue weighted by Gasteiger charge is 2.26. The molecule has 8 nitrogen and oxygen atoms in total. The van der Waals surface area contributed by atoms with Crippen LogP contribution in [0.3, 0.4) is 0 Å². The lowest BCUT2D eigenvalue weighted by molar-refractivity contribution is -0.124. The number of rotatable bonds is 6. The highest BCUT2D eigenvalue weighted by Crippen LogP contribution is 2.24. The molecule has 1 saturated heterocycles. The number of nitrogens with one attached hydrogen (secondary N) is 1. The molecular formula is C15H16ClN5O3S. The van der Waals surface area contributed by atoms with Crippen LogP contribution in [0.15, 0.2) is 29.4 Å². The number of urea groups is 1. The standard InChI is InChI=1S/C15H16ClN5O3S/c1-20-12(8-24-11-5-3-2-4-10(11)16)18-19-15(20)25-9-13(22)21-7-6-17-14(21)23/h2-5H,6-9H2,1H3,(H,17,23). The molecule has 0 saturated carbocycles. The van der Waals surface area contributed by atoms with Crippen molar-refractivity contribution in [2.75, 3.05) is 18.8 Å². The second-order valence-corrected chi connectivity index (χ2v) is 6.59. The number of thioether (sulfide) groups is 1. The summed E-state index contributed by atoms with van der Waals surface area (Å²) in [6.07, 6.45) is 0. The molecule has 0 aliphatic carbocycles. The Balaban J connectivity index is 1.57. The van der Waals surface area contributed by atoms with Gasteiger partial charge in [0.25, 0.3) is 0 Å². The molecule has 3 rings (SSSR count). The van der Waals surface area contributed by atoms with Gasteiger partial charge in [-0.2, -0.15) is 0 Å². The lowest BCUT2D eigenvalue weighted by Crippen LogP contribution is -2.35. The van der Waals surface area contributed by atoms with E-state index in [-0.39, 0.29) is 24.3 Å². The van der Waals surface area contributed by atoms with Crippen molar-refractivity contribution in [2.24, 2.45) is 7.05 Å². The third-order valence-electron chi connectivity index (χ3n) is 3.60. The fraction of sp³-hybridized carbons (Fsp3) is 0.333. The van der Waals surface area contributed by atoms with E-state index in [1.165, 1.54) is 16.7 Å². The van der Waals surface area contributed by atoms with Crippen molar-refractivity contribution >= 4 is 35.3 Å². The Kier molecular flexibility index (Phi) is 5.44. The van der Waals surface area contributed by atoms with Crippen LogP contribution < -0.4 is 10.1 Å². The minimum atomic E-state index is -0.350. The average molecular weight is 382 g/mol. The van der Waals surface area contributed by atoms with Gasteiger partial charge in [0.15, 0.2) is 11.0 Å². The molecule has 0 bridgehead atoms. The Labute approximate surface area is 153 Å². The number of imide groups is 1. The van der Waals surface area contributed by atoms with Crippen LogP contribution in [0.4, 0.5) is 4.79 Å². The summed E-state index contributed by atoms with van der Waals surface area (Å²) in [5.41, 5.74) is 0. The van der Waals surface area contributed by atoms with Gasteiger partial charge in [-0.25, -0.2) is 4.79 Å². The summed E-state index contributed by atoms with van der Waals surface area (Å²) < 4.78 is 7.39. The lowest BCUT2D eigenvalue weighted by atomic mass is 10.3. The summed E-state index contributed by atoms with van der Waals surface area (Å²) in [4.78, 5) is 24.7. The van der Waals surface area contributed by atoms with Crippen molar-refractivity contribution in [3.05, 3.63) is 35.1 Å². The summed E-state index contributed by atoms with van der Waals surface area (Å²) in [7, 11) is 1.79. The van der Waals surface area contributed by atoms with Crippen molar-refractivity contribution in [2.45, 2.75) is 11.8 Å². The number of para-hydroxylation sites is 1. The van der Waals surface area contributed by atoms with Gasteiger partial charge in [-0.05, 0) is 12.1 Å². The second kappa shape index (κ2) is 7.75. The molecule has 1 N–H and O–H groups in total. The molecule has 0 radical (unpaired) electrons. The number of amides is 3. The van der Waals surface area contributed by atoms with Crippen LogP contribution in [0.1, 0.15) is 5.82 Å². The Hall–Kier alpha value is -2.26. The van der Waals surface area contributed by atoms with Crippen LogP contribution >= 0.6 is 23.4 Å². The molecular weight excluding hydrogens is 366 g/mol. The van der Waals surface area contributed by atoms with Gasteiger partial charge in [0, 0.05) is 20.1 Å². The topological polar surface area (TPSA) is 89.3 Å². The van der Waals surface area contributed by atoms with Crippen molar-refractivity contribution in [1.29, 1.82) is 0 Å². The fourth-order valence-electron chi connectivity index (χ4n) is 2.21. The lowest BCUT2D eigenvalue weighted by Gasteiger charge is -2.11. The molecule has 0 unspecified atom stereocenters. The van der Waals surface area contributed by atoms with E-state index in [0.717, 1.165) is 0 Å². The molecule has 2 aromatic rings. The molecule has 2 heterocycles. The summed E-state index contributed by atoms with van der Waals surface area (Å²) in [5, 5.41) is 11.8. The number of aromatic nitrogens is 3. The minimum absolute atomic E-state index is 0.116. The van der Waals surface area contributed by atoms with Gasteiger partial charge in [-0.3, -0.25) is 9.69 Å². The number of hydrogen-bond donors (Lipinski definition) is 1. The van der Waals surface area contributed by atoms with E-state index < -0.39 is 0 Å². The number of ether oxygens (including phenoxy) is 1. The number of carbonyl (C=O) groups excluding carboxylic acids is 2. The Morgan fingerprint density at radius 2 is 2.20 bits per heavy atom. The van der Waals surface area contributed by atoms with Crippen LogP contribution in [0, 0.1) is 0 Å². The van der Waals surface area contributed by atoms with Gasteiger partial charge in [0.2, 0.25) is 5.91 Å². The van der Waals surface area contributed by atoms with E-state index in [9.17, 15) is 9.59 Å². The quantitative estimate of drug-likeness (QED) is 0.766. The highest BCUT2D eigenvalue weighted by atomic mass is 35.5. The maximum atomic E-state index is 12.0. The van der Waals surface area contributed by atoms with E-state index >= 15 is 0 Å². The van der Waals surface area contributed by atoms with E-state index in [2.05, 4.69) is 15.5 Å². The van der Waals surface area contributed by atoms with Gasteiger partial charge >= 0.3 is 6.03 Å². The largest absolute Gasteiger partial charge is 0.484 e. The molecule has 1 aromatic carbocycles. The molecule has 25 heavy (non-hydrogen) atoms. The van der Waals surface area contributed by atoms with Gasteiger partial charge in [0.1, 0.15) is 12.4 Å². The third kappa shape index (κ3) is 4.05. The van der Waals surface area contributed by atoms with Crippen LogP contribution in [0.25, 0.3) is 0 Å². The predicted molar refractivity (Wildman–Crippen MR) is 92.6 cm³/mol. The summed E-state index contributed by atoms with van der Waals surface area (Å²) >= 11 is 7.27. The third-order valence-corrected chi connectivity index (χ3v) is 4.92. The zero-order valence-corrected chi connectivity index (χ0v) is 15.0. The fourth-order valence-corrected chi connectivity index (χ4v) is 3.21. The smallest absolute Gasteiger partial charge is 0.324 e. The van der Waals surface area contributed by atoms with Gasteiger partial charge in [-0.15, -0.1) is 10.2 Å². The number of nitrogens with zero attached hydrogens (tertiary/aromatic N) is 4. The molecule has 0 atom stereocenters. The minimum Gasteiger partial charge on any atom is -0.484 e. The number of hydrogen-bond acceptors (Lipinski definition) is 6. The van der Waals surface area contributed by atoms with Crippen molar-refractivity contribution in [1.82, 2.24) is 25.0 Å². The molecule has 132 valence electrons. The van der Waals surface area contributed by atoms with Gasteiger partial charge in [0.05, 0.1) is 10.8 Å². The zero-order chi connectivity index (χ0) is 17.8. The Morgan fingerprint density at radius 3 is 2.92 bits per heavy atom. The Morgan fingerprint density at radius 1 is 1.40 bits per heavy atom. The van der Waals surface area contributed by atoms with E-state index in [0.29, 0.717) is 34.8 Å². The molecule has 1 fully saturated rings. The first-order valence-corrected chi connectivity index (χ1v) is 8.89. The van der Waals surface area contributed by atoms with Gasteiger partial charge in [-0.1, -0.05) is 35.5 Å². The van der Waals surface area contributed by atoms with Crippen molar-refractivity contribution in [3.63, 3.8) is 0 Å². The van der Waals surface area contributed by atoms with E-state index in [1.54, 1.807) is 23.7 Å². The number of carbonyl (C=O) groups is 2.